The number of nitrogens with zero attached hydrogens (tertiary/aromatic N) is 1. The molecular formula is C24H30Cl2N2O3. The van der Waals surface area contributed by atoms with Gasteiger partial charge in [0.1, 0.15) is 11.8 Å². The molecule has 0 aliphatic rings. The van der Waals surface area contributed by atoms with E-state index in [1.165, 1.54) is 4.90 Å². The van der Waals surface area contributed by atoms with Crippen LogP contribution in [-0.2, 0) is 16.1 Å². The first-order chi connectivity index (χ1) is 14.7. The Balaban J connectivity index is 2.25. The second-order valence-corrected chi connectivity index (χ2v) is 8.72. The van der Waals surface area contributed by atoms with Gasteiger partial charge in [-0.2, -0.15) is 0 Å². The van der Waals surface area contributed by atoms with Crippen LogP contribution >= 0.6 is 23.2 Å². The summed E-state index contributed by atoms with van der Waals surface area (Å²) in [6.07, 6.45) is 0.464. The Labute approximate surface area is 194 Å². The summed E-state index contributed by atoms with van der Waals surface area (Å²) in [5, 5.41) is 3.89. The Morgan fingerprint density at radius 2 is 1.84 bits per heavy atom. The van der Waals surface area contributed by atoms with E-state index in [2.05, 4.69) is 5.32 Å². The standard InChI is InChI=1S/C24H30Cl2N2O3/c1-5-21(24(30)27-13-16(2)3)28(14-18-10-11-19(25)12-20(18)26)23(29)15-31-22-9-7-6-8-17(22)4/h6-12,16,21H,5,13-15H2,1-4H3,(H,27,30)/t21-/m0/s1. The second kappa shape index (κ2) is 12.0. The summed E-state index contributed by atoms with van der Waals surface area (Å²) in [6, 6.07) is 12.0. The van der Waals surface area contributed by atoms with E-state index < -0.39 is 6.04 Å². The molecule has 1 atom stereocenters. The maximum Gasteiger partial charge on any atom is 0.261 e. The molecule has 0 fully saturated rings. The number of halogens is 2. The molecule has 0 aromatic heterocycles. The van der Waals surface area contributed by atoms with Crippen molar-refractivity contribution in [3.63, 3.8) is 0 Å². The van der Waals surface area contributed by atoms with Gasteiger partial charge < -0.3 is 15.0 Å². The minimum atomic E-state index is -0.640. The Bertz CT molecular complexity index is 902. The summed E-state index contributed by atoms with van der Waals surface area (Å²) in [5.74, 6) is 0.463. The van der Waals surface area contributed by atoms with Crippen LogP contribution in [0.15, 0.2) is 42.5 Å². The van der Waals surface area contributed by atoms with Gasteiger partial charge in [0.05, 0.1) is 0 Å². The fraction of sp³-hybridized carbons (Fsp3) is 0.417. The summed E-state index contributed by atoms with van der Waals surface area (Å²) in [7, 11) is 0. The third kappa shape index (κ3) is 7.44. The van der Waals surface area contributed by atoms with E-state index in [-0.39, 0.29) is 25.0 Å². The van der Waals surface area contributed by atoms with Gasteiger partial charge in [-0.3, -0.25) is 9.59 Å². The molecule has 0 aliphatic heterocycles. The number of hydrogen-bond donors (Lipinski definition) is 1. The first-order valence-corrected chi connectivity index (χ1v) is 11.2. The molecule has 0 spiro atoms. The number of rotatable bonds is 10. The zero-order chi connectivity index (χ0) is 23.0. The fourth-order valence-corrected chi connectivity index (χ4v) is 3.58. The molecule has 5 nitrogen and oxygen atoms in total. The molecule has 2 amide bonds. The van der Waals surface area contributed by atoms with Crippen molar-refractivity contribution >= 4 is 35.0 Å². The van der Waals surface area contributed by atoms with Crippen LogP contribution in [0, 0.1) is 12.8 Å². The van der Waals surface area contributed by atoms with Crippen LogP contribution in [0.1, 0.15) is 38.3 Å². The highest BCUT2D eigenvalue weighted by molar-refractivity contribution is 6.35. The van der Waals surface area contributed by atoms with Crippen molar-refractivity contribution in [1.82, 2.24) is 10.2 Å². The Hall–Kier alpha value is -2.24. The number of carbonyl (C=O) groups excluding carboxylic acids is 2. The highest BCUT2D eigenvalue weighted by Gasteiger charge is 2.29. The number of ether oxygens (including phenoxy) is 1. The topological polar surface area (TPSA) is 58.6 Å². The first-order valence-electron chi connectivity index (χ1n) is 10.4. The zero-order valence-electron chi connectivity index (χ0n) is 18.5. The van der Waals surface area contributed by atoms with Crippen LogP contribution in [0.25, 0.3) is 0 Å². The molecule has 0 saturated heterocycles. The lowest BCUT2D eigenvalue weighted by molar-refractivity contribution is -0.143. The van der Waals surface area contributed by atoms with Crippen molar-refractivity contribution in [3.05, 3.63) is 63.6 Å². The van der Waals surface area contributed by atoms with Gasteiger partial charge in [0.2, 0.25) is 5.91 Å². The maximum atomic E-state index is 13.2. The van der Waals surface area contributed by atoms with Crippen molar-refractivity contribution in [2.45, 2.75) is 46.7 Å². The molecule has 31 heavy (non-hydrogen) atoms. The van der Waals surface area contributed by atoms with Gasteiger partial charge in [-0.25, -0.2) is 0 Å². The molecule has 0 radical (unpaired) electrons. The van der Waals surface area contributed by atoms with E-state index in [4.69, 9.17) is 27.9 Å². The molecular weight excluding hydrogens is 435 g/mol. The highest BCUT2D eigenvalue weighted by Crippen LogP contribution is 2.24. The van der Waals surface area contributed by atoms with Crippen LogP contribution in [-0.4, -0.2) is 35.9 Å². The molecule has 0 aliphatic carbocycles. The van der Waals surface area contributed by atoms with E-state index in [1.54, 1.807) is 18.2 Å². The number of benzene rings is 2. The minimum absolute atomic E-state index is 0.177. The number of nitrogens with one attached hydrogen (secondary N) is 1. The quantitative estimate of drug-likeness (QED) is 0.521. The average molecular weight is 465 g/mol. The van der Waals surface area contributed by atoms with Gasteiger partial charge in [0.15, 0.2) is 6.61 Å². The fourth-order valence-electron chi connectivity index (χ4n) is 3.12. The molecule has 2 aromatic carbocycles. The van der Waals surface area contributed by atoms with Crippen LogP contribution in [0.5, 0.6) is 5.75 Å². The summed E-state index contributed by atoms with van der Waals surface area (Å²) < 4.78 is 5.76. The zero-order valence-corrected chi connectivity index (χ0v) is 20.0. The second-order valence-electron chi connectivity index (χ2n) is 7.87. The molecule has 0 saturated carbocycles. The molecule has 0 bridgehead atoms. The summed E-state index contributed by atoms with van der Waals surface area (Å²) in [4.78, 5) is 27.6. The molecule has 0 heterocycles. The molecule has 2 aromatic rings. The predicted octanol–water partition coefficient (Wildman–Crippen LogP) is 5.26. The van der Waals surface area contributed by atoms with Crippen molar-refractivity contribution < 1.29 is 14.3 Å². The third-order valence-electron chi connectivity index (χ3n) is 4.87. The van der Waals surface area contributed by atoms with Crippen LogP contribution < -0.4 is 10.1 Å². The van der Waals surface area contributed by atoms with Crippen LogP contribution in [0.4, 0.5) is 0 Å². The third-order valence-corrected chi connectivity index (χ3v) is 5.46. The van der Waals surface area contributed by atoms with Gasteiger partial charge in [-0.05, 0) is 48.6 Å². The highest BCUT2D eigenvalue weighted by atomic mass is 35.5. The van der Waals surface area contributed by atoms with Gasteiger partial charge in [-0.1, -0.05) is 68.2 Å². The lowest BCUT2D eigenvalue weighted by Crippen LogP contribution is -2.50. The van der Waals surface area contributed by atoms with Gasteiger partial charge in [-0.15, -0.1) is 0 Å². The molecule has 1 N–H and O–H groups in total. The number of hydrogen-bond acceptors (Lipinski definition) is 3. The van der Waals surface area contributed by atoms with E-state index in [1.807, 2.05) is 52.0 Å². The van der Waals surface area contributed by atoms with Gasteiger partial charge in [0, 0.05) is 23.1 Å². The number of carbonyl (C=O) groups is 2. The molecule has 0 unspecified atom stereocenters. The van der Waals surface area contributed by atoms with E-state index in [0.29, 0.717) is 40.2 Å². The first kappa shape index (κ1) is 25.0. The van der Waals surface area contributed by atoms with Gasteiger partial charge in [0.25, 0.3) is 5.91 Å². The largest absolute Gasteiger partial charge is 0.484 e. The molecule has 168 valence electrons. The minimum Gasteiger partial charge on any atom is -0.484 e. The summed E-state index contributed by atoms with van der Waals surface area (Å²) in [5.41, 5.74) is 1.65. The average Bonchev–Trinajstić information content (AvgIpc) is 2.72. The Kier molecular flexibility index (Phi) is 9.66. The van der Waals surface area contributed by atoms with Gasteiger partial charge >= 0.3 is 0 Å². The van der Waals surface area contributed by atoms with Crippen LogP contribution in [0.2, 0.25) is 10.0 Å². The van der Waals surface area contributed by atoms with E-state index in [0.717, 1.165) is 5.56 Å². The predicted molar refractivity (Wildman–Crippen MR) is 126 cm³/mol. The molecule has 2 rings (SSSR count). The Morgan fingerprint density at radius 1 is 1.13 bits per heavy atom. The lowest BCUT2D eigenvalue weighted by Gasteiger charge is -2.31. The number of para-hydroxylation sites is 1. The Morgan fingerprint density at radius 3 is 2.45 bits per heavy atom. The van der Waals surface area contributed by atoms with Crippen molar-refractivity contribution in [3.8, 4) is 5.75 Å². The van der Waals surface area contributed by atoms with Crippen molar-refractivity contribution in [2.75, 3.05) is 13.2 Å². The smallest absolute Gasteiger partial charge is 0.261 e. The van der Waals surface area contributed by atoms with E-state index in [9.17, 15) is 9.59 Å². The van der Waals surface area contributed by atoms with E-state index >= 15 is 0 Å². The van der Waals surface area contributed by atoms with Crippen molar-refractivity contribution in [2.24, 2.45) is 5.92 Å². The normalized spacial score (nSPS) is 11.8. The molecule has 7 heteroatoms. The summed E-state index contributed by atoms with van der Waals surface area (Å²) >= 11 is 12.4. The maximum absolute atomic E-state index is 13.2. The summed E-state index contributed by atoms with van der Waals surface area (Å²) in [6.45, 7) is 8.38. The SMILES string of the molecule is CC[C@@H](C(=O)NCC(C)C)N(Cc1ccc(Cl)cc1Cl)C(=O)COc1ccccc1C. The number of aryl methyl sites for hydroxylation is 1. The monoisotopic (exact) mass is 464 g/mol. The van der Waals surface area contributed by atoms with Crippen LogP contribution in [0.3, 0.4) is 0 Å². The number of amides is 2. The van der Waals surface area contributed by atoms with Crippen molar-refractivity contribution in [1.29, 1.82) is 0 Å². The lowest BCUT2D eigenvalue weighted by atomic mass is 10.1.